The van der Waals surface area contributed by atoms with E-state index >= 15 is 0 Å². The Morgan fingerprint density at radius 1 is 1.38 bits per heavy atom. The van der Waals surface area contributed by atoms with Gasteiger partial charge >= 0.3 is 0 Å². The van der Waals surface area contributed by atoms with E-state index in [0.29, 0.717) is 12.6 Å². The normalized spacial score (nSPS) is 15.3. The summed E-state index contributed by atoms with van der Waals surface area (Å²) in [5.74, 6) is 0.719. The number of carbonyl (C=O) groups excluding carboxylic acids is 1. The van der Waals surface area contributed by atoms with Gasteiger partial charge in [-0.2, -0.15) is 0 Å². The number of aliphatic imine (C=N–C) groups is 1. The summed E-state index contributed by atoms with van der Waals surface area (Å²) in [7, 11) is 3.93. The smallest absolute Gasteiger partial charge is 0.242 e. The van der Waals surface area contributed by atoms with Crippen LogP contribution in [0.15, 0.2) is 17.3 Å². The molecule has 0 unspecified atom stereocenters. The van der Waals surface area contributed by atoms with Crippen molar-refractivity contribution in [3.05, 3.63) is 23.0 Å². The predicted octanol–water partition coefficient (Wildman–Crippen LogP) is 3.14. The molecule has 0 aromatic carbocycles. The van der Waals surface area contributed by atoms with E-state index in [1.54, 1.807) is 0 Å². The van der Waals surface area contributed by atoms with Crippen LogP contribution in [0.4, 0.5) is 0 Å². The average Bonchev–Trinajstić information content (AvgIpc) is 2.89. The molecule has 0 radical (unpaired) electrons. The molecule has 26 heavy (non-hydrogen) atoms. The van der Waals surface area contributed by atoms with Crippen molar-refractivity contribution in [1.29, 1.82) is 0 Å². The molecule has 2 rings (SSSR count). The number of aryl methyl sites for hydroxylation is 1. The fraction of sp³-hybridized carbons (Fsp3) is 0.667. The second-order valence-corrected chi connectivity index (χ2v) is 7.13. The maximum Gasteiger partial charge on any atom is 0.242 e. The molecule has 0 atom stereocenters. The lowest BCUT2D eigenvalue weighted by atomic mass is 9.95. The van der Waals surface area contributed by atoms with Crippen molar-refractivity contribution >= 4 is 47.4 Å². The molecule has 6 nitrogen and oxygen atoms in total. The summed E-state index contributed by atoms with van der Waals surface area (Å²) in [5, 5.41) is 7.07. The second-order valence-electron chi connectivity index (χ2n) is 6.69. The molecule has 1 aliphatic carbocycles. The summed E-state index contributed by atoms with van der Waals surface area (Å²) in [4.78, 5) is 18.7. The van der Waals surface area contributed by atoms with Crippen LogP contribution in [-0.4, -0.2) is 47.5 Å². The van der Waals surface area contributed by atoms with E-state index in [4.69, 9.17) is 11.6 Å². The van der Waals surface area contributed by atoms with E-state index in [0.717, 1.165) is 36.1 Å². The van der Waals surface area contributed by atoms with Gasteiger partial charge in [-0.25, -0.2) is 4.99 Å². The van der Waals surface area contributed by atoms with E-state index in [2.05, 4.69) is 15.6 Å². The Hall–Kier alpha value is -0.960. The van der Waals surface area contributed by atoms with Gasteiger partial charge in [0.2, 0.25) is 5.91 Å². The zero-order valence-corrected chi connectivity index (χ0v) is 19.0. The molecule has 148 valence electrons. The highest BCUT2D eigenvalue weighted by molar-refractivity contribution is 14.0. The number of aromatic nitrogens is 1. The topological polar surface area (TPSA) is 61.7 Å². The summed E-state index contributed by atoms with van der Waals surface area (Å²) in [5.41, 5.74) is 1.09. The number of amides is 1. The van der Waals surface area contributed by atoms with Crippen molar-refractivity contribution in [1.82, 2.24) is 20.1 Å². The van der Waals surface area contributed by atoms with Crippen LogP contribution in [-0.2, 0) is 18.4 Å². The first-order chi connectivity index (χ1) is 12.0. The quantitative estimate of drug-likeness (QED) is 0.362. The lowest BCUT2D eigenvalue weighted by Gasteiger charge is -2.24. The molecular formula is C18H31ClIN5O. The minimum Gasteiger partial charge on any atom is -0.357 e. The third-order valence-electron chi connectivity index (χ3n) is 4.51. The molecule has 1 aromatic heterocycles. The Labute approximate surface area is 178 Å². The van der Waals surface area contributed by atoms with E-state index in [1.807, 2.05) is 42.7 Å². The van der Waals surface area contributed by atoms with E-state index in [-0.39, 0.29) is 36.4 Å². The largest absolute Gasteiger partial charge is 0.357 e. The molecule has 1 aliphatic rings. The fourth-order valence-corrected chi connectivity index (χ4v) is 3.45. The molecular weight excluding hydrogens is 465 g/mol. The number of hydrogen-bond donors (Lipinski definition) is 2. The van der Waals surface area contributed by atoms with Crippen LogP contribution in [0.2, 0.25) is 5.02 Å². The summed E-state index contributed by atoms with van der Waals surface area (Å²) in [6.07, 6.45) is 7.75. The number of hydrogen-bond acceptors (Lipinski definition) is 2. The molecule has 1 heterocycles. The molecule has 0 spiro atoms. The highest BCUT2D eigenvalue weighted by Crippen LogP contribution is 2.17. The molecule has 0 aliphatic heterocycles. The van der Waals surface area contributed by atoms with Crippen LogP contribution in [0.25, 0.3) is 0 Å². The van der Waals surface area contributed by atoms with Gasteiger partial charge in [-0.1, -0.05) is 30.9 Å². The molecule has 0 bridgehead atoms. The molecule has 1 aromatic rings. The van der Waals surface area contributed by atoms with Gasteiger partial charge < -0.3 is 20.1 Å². The van der Waals surface area contributed by atoms with Gasteiger partial charge in [0.25, 0.3) is 0 Å². The Bertz CT molecular complexity index is 598. The highest BCUT2D eigenvalue weighted by atomic mass is 127. The van der Waals surface area contributed by atoms with Gasteiger partial charge in [0.15, 0.2) is 5.96 Å². The number of rotatable bonds is 6. The van der Waals surface area contributed by atoms with Crippen LogP contribution in [0.3, 0.4) is 0 Å². The van der Waals surface area contributed by atoms with Crippen molar-refractivity contribution < 1.29 is 4.79 Å². The Morgan fingerprint density at radius 3 is 2.65 bits per heavy atom. The van der Waals surface area contributed by atoms with Crippen molar-refractivity contribution in [2.45, 2.75) is 51.6 Å². The van der Waals surface area contributed by atoms with Gasteiger partial charge in [-0.15, -0.1) is 24.0 Å². The Balaban J connectivity index is 0.00000338. The highest BCUT2D eigenvalue weighted by Gasteiger charge is 2.16. The van der Waals surface area contributed by atoms with Crippen LogP contribution < -0.4 is 10.6 Å². The standard InChI is InChI=1S/C18H30ClN5O.HI/c1-4-20-18(24(3)13-16-10-14(19)12-23(16)2)21-11-17(25)22-15-8-6-5-7-9-15;/h10,12,15H,4-9,11,13H2,1-3H3,(H,20,21)(H,22,25);1H. The van der Waals surface area contributed by atoms with Gasteiger partial charge in [0.1, 0.15) is 6.54 Å². The van der Waals surface area contributed by atoms with Gasteiger partial charge in [0.05, 0.1) is 11.6 Å². The van der Waals surface area contributed by atoms with Crippen molar-refractivity contribution in [3.63, 3.8) is 0 Å². The van der Waals surface area contributed by atoms with Crippen LogP contribution in [0.5, 0.6) is 0 Å². The maximum atomic E-state index is 12.2. The van der Waals surface area contributed by atoms with Crippen molar-refractivity contribution in [3.8, 4) is 0 Å². The molecule has 2 N–H and O–H groups in total. The zero-order valence-electron chi connectivity index (χ0n) is 15.9. The zero-order chi connectivity index (χ0) is 18.2. The SMILES string of the molecule is CCNC(=NCC(=O)NC1CCCCC1)N(C)Cc1cc(Cl)cn1C.I. The van der Waals surface area contributed by atoms with Gasteiger partial charge in [-0.05, 0) is 25.8 Å². The number of nitrogens with one attached hydrogen (secondary N) is 2. The monoisotopic (exact) mass is 495 g/mol. The van der Waals surface area contributed by atoms with E-state index in [9.17, 15) is 4.79 Å². The first kappa shape index (κ1) is 23.1. The van der Waals surface area contributed by atoms with Crippen molar-refractivity contribution in [2.75, 3.05) is 20.1 Å². The van der Waals surface area contributed by atoms with Crippen LogP contribution >= 0.6 is 35.6 Å². The summed E-state index contributed by atoms with van der Waals surface area (Å²) >= 11 is 6.05. The number of carbonyl (C=O) groups is 1. The Morgan fingerprint density at radius 2 is 2.08 bits per heavy atom. The lowest BCUT2D eigenvalue weighted by Crippen LogP contribution is -2.41. The molecule has 1 fully saturated rings. The minimum absolute atomic E-state index is 0. The second kappa shape index (κ2) is 11.7. The summed E-state index contributed by atoms with van der Waals surface area (Å²) in [6.45, 7) is 3.59. The number of nitrogens with zero attached hydrogens (tertiary/aromatic N) is 3. The fourth-order valence-electron chi connectivity index (χ4n) is 3.18. The third kappa shape index (κ3) is 7.34. The Kier molecular flexibility index (Phi) is 10.4. The summed E-state index contributed by atoms with van der Waals surface area (Å²) in [6, 6.07) is 2.26. The van der Waals surface area contributed by atoms with E-state index < -0.39 is 0 Å². The first-order valence-corrected chi connectivity index (χ1v) is 9.47. The molecule has 0 saturated heterocycles. The summed E-state index contributed by atoms with van der Waals surface area (Å²) < 4.78 is 2.00. The van der Waals surface area contributed by atoms with Gasteiger partial charge in [-0.3, -0.25) is 4.79 Å². The van der Waals surface area contributed by atoms with E-state index in [1.165, 1.54) is 19.3 Å². The molecule has 1 saturated carbocycles. The maximum absolute atomic E-state index is 12.2. The van der Waals surface area contributed by atoms with Crippen LogP contribution in [0.1, 0.15) is 44.7 Å². The minimum atomic E-state index is -0.00221. The van der Waals surface area contributed by atoms with Crippen molar-refractivity contribution in [2.24, 2.45) is 12.0 Å². The third-order valence-corrected chi connectivity index (χ3v) is 4.72. The predicted molar refractivity (Wildman–Crippen MR) is 118 cm³/mol. The number of halogens is 2. The molecule has 1 amide bonds. The first-order valence-electron chi connectivity index (χ1n) is 9.09. The molecule has 8 heteroatoms. The van der Waals surface area contributed by atoms with Crippen LogP contribution in [0, 0.1) is 0 Å². The van der Waals surface area contributed by atoms with Gasteiger partial charge in [0, 0.05) is 38.6 Å². The average molecular weight is 496 g/mol. The number of guanidine groups is 1. The lowest BCUT2D eigenvalue weighted by molar-refractivity contribution is -0.120.